The lowest BCUT2D eigenvalue weighted by Gasteiger charge is -2.14. The quantitative estimate of drug-likeness (QED) is 0.807. The molecule has 0 saturated heterocycles. The summed E-state index contributed by atoms with van der Waals surface area (Å²) in [6.45, 7) is 0.723. The molecule has 1 saturated carbocycles. The molecule has 1 aliphatic rings. The summed E-state index contributed by atoms with van der Waals surface area (Å²) in [5, 5.41) is 8.98. The van der Waals surface area contributed by atoms with Crippen molar-refractivity contribution in [2.45, 2.75) is 31.6 Å². The van der Waals surface area contributed by atoms with E-state index in [1.807, 2.05) is 0 Å². The largest absolute Gasteiger partial charge is 0.481 e. The van der Waals surface area contributed by atoms with Gasteiger partial charge in [-0.2, -0.15) is 0 Å². The molecule has 3 heteroatoms. The number of methoxy groups -OCH3 is 1. The molecule has 0 aliphatic heterocycles. The lowest BCUT2D eigenvalue weighted by Crippen LogP contribution is -2.08. The van der Waals surface area contributed by atoms with Crippen molar-refractivity contribution >= 4 is 5.97 Å². The van der Waals surface area contributed by atoms with Gasteiger partial charge in [-0.15, -0.1) is 0 Å². The van der Waals surface area contributed by atoms with Crippen molar-refractivity contribution in [3.05, 3.63) is 35.4 Å². The van der Waals surface area contributed by atoms with Crippen LogP contribution in [0.2, 0.25) is 0 Å². The molecule has 0 bridgehead atoms. The summed E-state index contributed by atoms with van der Waals surface area (Å²) in [5.74, 6) is 0.0697. The van der Waals surface area contributed by atoms with E-state index in [0.29, 0.717) is 5.92 Å². The summed E-state index contributed by atoms with van der Waals surface area (Å²) in [7, 11) is 1.70. The monoisotopic (exact) mass is 248 g/mol. The topological polar surface area (TPSA) is 46.5 Å². The van der Waals surface area contributed by atoms with E-state index in [1.165, 1.54) is 24.0 Å². The van der Waals surface area contributed by atoms with Gasteiger partial charge < -0.3 is 9.84 Å². The maximum absolute atomic E-state index is 10.9. The fourth-order valence-electron chi connectivity index (χ4n) is 2.39. The van der Waals surface area contributed by atoms with Gasteiger partial charge in [0.1, 0.15) is 0 Å². The number of aliphatic carboxylic acids is 1. The molecule has 1 aromatic rings. The number of benzene rings is 1. The van der Waals surface area contributed by atoms with Crippen molar-refractivity contribution in [3.8, 4) is 0 Å². The third-order valence-corrected chi connectivity index (χ3v) is 3.59. The van der Waals surface area contributed by atoms with Crippen molar-refractivity contribution in [2.75, 3.05) is 13.7 Å². The van der Waals surface area contributed by atoms with Crippen LogP contribution in [-0.4, -0.2) is 24.8 Å². The molecule has 1 aliphatic carbocycles. The molecule has 1 atom stereocenters. The van der Waals surface area contributed by atoms with Gasteiger partial charge in [-0.1, -0.05) is 24.3 Å². The van der Waals surface area contributed by atoms with E-state index < -0.39 is 5.97 Å². The first kappa shape index (κ1) is 13.1. The van der Waals surface area contributed by atoms with Crippen LogP contribution in [0.25, 0.3) is 0 Å². The van der Waals surface area contributed by atoms with E-state index in [2.05, 4.69) is 24.3 Å². The molecule has 0 spiro atoms. The summed E-state index contributed by atoms with van der Waals surface area (Å²) in [6.07, 6.45) is 3.50. The number of hydrogen-bond acceptors (Lipinski definition) is 2. The van der Waals surface area contributed by atoms with Crippen LogP contribution in [0.1, 0.15) is 36.3 Å². The SMILES string of the molecule is COCCc1ccc(C(CC(=O)O)C2CC2)cc1. The lowest BCUT2D eigenvalue weighted by atomic mass is 9.90. The summed E-state index contributed by atoms with van der Waals surface area (Å²) in [5.41, 5.74) is 2.41. The highest BCUT2D eigenvalue weighted by Crippen LogP contribution is 2.44. The zero-order valence-corrected chi connectivity index (χ0v) is 10.8. The van der Waals surface area contributed by atoms with Gasteiger partial charge in [0.2, 0.25) is 0 Å². The van der Waals surface area contributed by atoms with Crippen molar-refractivity contribution in [1.82, 2.24) is 0 Å². The van der Waals surface area contributed by atoms with E-state index in [9.17, 15) is 4.79 Å². The number of ether oxygens (including phenoxy) is 1. The molecule has 98 valence electrons. The molecule has 1 N–H and O–H groups in total. The molecule has 3 nitrogen and oxygen atoms in total. The Balaban J connectivity index is 2.03. The predicted molar refractivity (Wildman–Crippen MR) is 69.7 cm³/mol. The average Bonchev–Trinajstić information content (AvgIpc) is 3.18. The van der Waals surface area contributed by atoms with Gasteiger partial charge >= 0.3 is 5.97 Å². The first-order chi connectivity index (χ1) is 8.70. The van der Waals surface area contributed by atoms with Crippen LogP contribution in [0, 0.1) is 5.92 Å². The van der Waals surface area contributed by atoms with Crippen molar-refractivity contribution in [1.29, 1.82) is 0 Å². The maximum Gasteiger partial charge on any atom is 0.303 e. The van der Waals surface area contributed by atoms with E-state index in [-0.39, 0.29) is 12.3 Å². The van der Waals surface area contributed by atoms with E-state index >= 15 is 0 Å². The molecule has 1 unspecified atom stereocenters. The number of carboxylic acid groups (broad SMARTS) is 1. The van der Waals surface area contributed by atoms with Crippen molar-refractivity contribution < 1.29 is 14.6 Å². The third-order valence-electron chi connectivity index (χ3n) is 3.59. The smallest absolute Gasteiger partial charge is 0.303 e. The van der Waals surface area contributed by atoms with Gasteiger partial charge in [-0.05, 0) is 42.2 Å². The molecule has 1 fully saturated rings. The number of carboxylic acids is 1. The third kappa shape index (κ3) is 3.57. The minimum atomic E-state index is -0.699. The highest BCUT2D eigenvalue weighted by Gasteiger charge is 2.33. The van der Waals surface area contributed by atoms with Crippen LogP contribution >= 0.6 is 0 Å². The molecule has 0 heterocycles. The zero-order chi connectivity index (χ0) is 13.0. The van der Waals surface area contributed by atoms with Gasteiger partial charge in [-0.3, -0.25) is 4.79 Å². The van der Waals surface area contributed by atoms with Crippen LogP contribution < -0.4 is 0 Å². The molecular weight excluding hydrogens is 228 g/mol. The van der Waals surface area contributed by atoms with Crippen LogP contribution in [0.4, 0.5) is 0 Å². The van der Waals surface area contributed by atoms with E-state index in [0.717, 1.165) is 13.0 Å². The Hall–Kier alpha value is -1.35. The van der Waals surface area contributed by atoms with Gasteiger partial charge in [0.05, 0.1) is 13.0 Å². The normalized spacial score (nSPS) is 16.5. The second-order valence-electron chi connectivity index (χ2n) is 5.03. The van der Waals surface area contributed by atoms with E-state index in [1.54, 1.807) is 7.11 Å². The molecule has 18 heavy (non-hydrogen) atoms. The maximum atomic E-state index is 10.9. The second-order valence-corrected chi connectivity index (χ2v) is 5.03. The predicted octanol–water partition coefficient (Wildman–Crippen LogP) is 2.84. The summed E-state index contributed by atoms with van der Waals surface area (Å²) in [4.78, 5) is 10.9. The molecule has 0 amide bonds. The molecular formula is C15H20O3. The Morgan fingerprint density at radius 1 is 1.39 bits per heavy atom. The first-order valence-corrected chi connectivity index (χ1v) is 6.50. The minimum Gasteiger partial charge on any atom is -0.481 e. The van der Waals surface area contributed by atoms with Gasteiger partial charge in [0, 0.05) is 7.11 Å². The Bertz CT molecular complexity index is 393. The Morgan fingerprint density at radius 2 is 2.06 bits per heavy atom. The Labute approximate surface area is 108 Å². The minimum absolute atomic E-state index is 0.193. The highest BCUT2D eigenvalue weighted by atomic mass is 16.5. The van der Waals surface area contributed by atoms with Gasteiger partial charge in [-0.25, -0.2) is 0 Å². The molecule has 0 aromatic heterocycles. The molecule has 2 rings (SSSR count). The average molecular weight is 248 g/mol. The van der Waals surface area contributed by atoms with E-state index in [4.69, 9.17) is 9.84 Å². The molecule has 0 radical (unpaired) electrons. The van der Waals surface area contributed by atoms with Crippen LogP contribution in [0.15, 0.2) is 24.3 Å². The highest BCUT2D eigenvalue weighted by molar-refractivity contribution is 5.68. The standard InChI is InChI=1S/C15H20O3/c1-18-9-8-11-2-4-12(5-3-11)14(10-15(16)17)13-6-7-13/h2-5,13-14H,6-10H2,1H3,(H,16,17). The van der Waals surface area contributed by atoms with Gasteiger partial charge in [0.15, 0.2) is 0 Å². The molecule has 1 aromatic carbocycles. The van der Waals surface area contributed by atoms with Crippen molar-refractivity contribution in [2.24, 2.45) is 5.92 Å². The van der Waals surface area contributed by atoms with Crippen LogP contribution in [-0.2, 0) is 16.0 Å². The fraction of sp³-hybridized carbons (Fsp3) is 0.533. The van der Waals surface area contributed by atoms with Crippen molar-refractivity contribution in [3.63, 3.8) is 0 Å². The summed E-state index contributed by atoms with van der Waals surface area (Å²) in [6, 6.07) is 8.34. The zero-order valence-electron chi connectivity index (χ0n) is 10.8. The number of hydrogen-bond donors (Lipinski definition) is 1. The first-order valence-electron chi connectivity index (χ1n) is 6.50. The number of carbonyl (C=O) groups is 1. The van der Waals surface area contributed by atoms with Crippen LogP contribution in [0.5, 0.6) is 0 Å². The number of rotatable bonds is 7. The second kappa shape index (κ2) is 6.01. The summed E-state index contributed by atoms with van der Waals surface area (Å²) < 4.78 is 5.05. The Morgan fingerprint density at radius 3 is 2.56 bits per heavy atom. The Kier molecular flexibility index (Phi) is 4.37. The van der Waals surface area contributed by atoms with Crippen LogP contribution in [0.3, 0.4) is 0 Å². The fourth-order valence-corrected chi connectivity index (χ4v) is 2.39. The lowest BCUT2D eigenvalue weighted by molar-refractivity contribution is -0.137. The summed E-state index contributed by atoms with van der Waals surface area (Å²) >= 11 is 0. The van der Waals surface area contributed by atoms with Gasteiger partial charge in [0.25, 0.3) is 0 Å².